The average molecular weight is 259 g/mol. The first-order valence-corrected chi connectivity index (χ1v) is 6.96. The number of aryl methyl sites for hydroxylation is 1. The maximum atomic E-state index is 5.58. The molecule has 0 spiro atoms. The van der Waals surface area contributed by atoms with Gasteiger partial charge in [0, 0.05) is 12.6 Å². The van der Waals surface area contributed by atoms with Gasteiger partial charge < -0.3 is 14.6 Å². The molecule has 102 valence electrons. The summed E-state index contributed by atoms with van der Waals surface area (Å²) in [5.74, 6) is 1.09. The van der Waals surface area contributed by atoms with Crippen molar-refractivity contribution in [3.63, 3.8) is 0 Å². The lowest BCUT2D eigenvalue weighted by molar-refractivity contribution is 0.0729. The van der Waals surface area contributed by atoms with Crippen molar-refractivity contribution in [3.05, 3.63) is 29.6 Å². The lowest BCUT2D eigenvalue weighted by Crippen LogP contribution is -2.36. The molecule has 4 nitrogen and oxygen atoms in total. The Kier molecular flexibility index (Phi) is 3.29. The third-order valence-corrected chi connectivity index (χ3v) is 3.62. The van der Waals surface area contributed by atoms with E-state index in [0.29, 0.717) is 12.6 Å². The molecule has 0 amide bonds. The number of ether oxygens (including phenoxy) is 1. The first kappa shape index (κ1) is 12.6. The summed E-state index contributed by atoms with van der Waals surface area (Å²) >= 11 is 0. The summed E-state index contributed by atoms with van der Waals surface area (Å²) in [4.78, 5) is 4.84. The van der Waals surface area contributed by atoms with Gasteiger partial charge >= 0.3 is 0 Å². The lowest BCUT2D eigenvalue weighted by Gasteiger charge is -2.25. The van der Waals surface area contributed by atoms with Crippen LogP contribution in [0.25, 0.3) is 11.0 Å². The minimum Gasteiger partial charge on any atom is -0.378 e. The van der Waals surface area contributed by atoms with E-state index >= 15 is 0 Å². The number of imidazole rings is 1. The third kappa shape index (κ3) is 2.26. The maximum absolute atomic E-state index is 5.58. The van der Waals surface area contributed by atoms with Gasteiger partial charge in [0.1, 0.15) is 5.82 Å². The van der Waals surface area contributed by atoms with Crippen molar-refractivity contribution in [2.75, 3.05) is 19.8 Å². The molecule has 0 radical (unpaired) electrons. The van der Waals surface area contributed by atoms with Crippen molar-refractivity contribution >= 4 is 11.0 Å². The van der Waals surface area contributed by atoms with Crippen LogP contribution in [0.2, 0.25) is 0 Å². The summed E-state index contributed by atoms with van der Waals surface area (Å²) in [6.45, 7) is 8.90. The summed E-state index contributed by atoms with van der Waals surface area (Å²) in [5, 5.41) is 3.50. The number of morpholine rings is 1. The van der Waals surface area contributed by atoms with Crippen LogP contribution in [0.1, 0.15) is 37.3 Å². The number of hydrogen-bond acceptors (Lipinski definition) is 3. The van der Waals surface area contributed by atoms with E-state index in [1.165, 1.54) is 11.1 Å². The molecule has 2 aromatic rings. The smallest absolute Gasteiger partial charge is 0.129 e. The predicted molar refractivity (Wildman–Crippen MR) is 76.4 cm³/mol. The van der Waals surface area contributed by atoms with Crippen molar-refractivity contribution in [2.24, 2.45) is 0 Å². The van der Waals surface area contributed by atoms with Crippen LogP contribution < -0.4 is 5.32 Å². The lowest BCUT2D eigenvalue weighted by atomic mass is 10.2. The van der Waals surface area contributed by atoms with Gasteiger partial charge in [-0.15, -0.1) is 0 Å². The van der Waals surface area contributed by atoms with Crippen molar-refractivity contribution in [1.29, 1.82) is 0 Å². The SMILES string of the molecule is Cc1ccc2c(c1)nc(C1COCCN1)n2C(C)C. The van der Waals surface area contributed by atoms with E-state index < -0.39 is 0 Å². The highest BCUT2D eigenvalue weighted by Crippen LogP contribution is 2.26. The van der Waals surface area contributed by atoms with Gasteiger partial charge in [-0.3, -0.25) is 0 Å². The molecule has 0 bridgehead atoms. The number of benzene rings is 1. The van der Waals surface area contributed by atoms with Crippen molar-refractivity contribution in [2.45, 2.75) is 32.9 Å². The molecule has 1 aliphatic heterocycles. The van der Waals surface area contributed by atoms with E-state index in [9.17, 15) is 0 Å². The van der Waals surface area contributed by atoms with Gasteiger partial charge in [0.05, 0.1) is 30.3 Å². The highest BCUT2D eigenvalue weighted by atomic mass is 16.5. The van der Waals surface area contributed by atoms with Gasteiger partial charge in [-0.2, -0.15) is 0 Å². The van der Waals surface area contributed by atoms with Gasteiger partial charge in [0.15, 0.2) is 0 Å². The van der Waals surface area contributed by atoms with Gasteiger partial charge in [-0.1, -0.05) is 6.07 Å². The number of aromatic nitrogens is 2. The van der Waals surface area contributed by atoms with E-state index in [4.69, 9.17) is 9.72 Å². The first-order chi connectivity index (χ1) is 9.16. The molecule has 1 N–H and O–H groups in total. The number of rotatable bonds is 2. The van der Waals surface area contributed by atoms with Crippen molar-refractivity contribution in [1.82, 2.24) is 14.9 Å². The Bertz CT molecular complexity index is 582. The second-order valence-corrected chi connectivity index (χ2v) is 5.51. The standard InChI is InChI=1S/C15H21N3O/c1-10(2)18-14-5-4-11(3)8-12(14)17-15(18)13-9-19-7-6-16-13/h4-5,8,10,13,16H,6-7,9H2,1-3H3. The molecule has 3 rings (SSSR count). The Hall–Kier alpha value is -1.39. The Labute approximate surface area is 113 Å². The molecule has 1 unspecified atom stereocenters. The van der Waals surface area contributed by atoms with Gasteiger partial charge in [0.2, 0.25) is 0 Å². The van der Waals surface area contributed by atoms with Crippen LogP contribution in [0.5, 0.6) is 0 Å². The second kappa shape index (κ2) is 4.94. The van der Waals surface area contributed by atoms with E-state index in [1.54, 1.807) is 0 Å². The molecule has 1 aromatic carbocycles. The summed E-state index contributed by atoms with van der Waals surface area (Å²) in [5.41, 5.74) is 3.54. The zero-order valence-corrected chi connectivity index (χ0v) is 11.8. The maximum Gasteiger partial charge on any atom is 0.129 e. The minimum atomic E-state index is 0.198. The van der Waals surface area contributed by atoms with Crippen LogP contribution in [0, 0.1) is 6.92 Å². The number of fused-ring (bicyclic) bond motifs is 1. The normalized spacial score (nSPS) is 20.3. The van der Waals surface area contributed by atoms with Crippen LogP contribution in [-0.4, -0.2) is 29.3 Å². The number of nitrogens with zero attached hydrogens (tertiary/aromatic N) is 2. The summed E-state index contributed by atoms with van der Waals surface area (Å²) in [6.07, 6.45) is 0. The van der Waals surface area contributed by atoms with Crippen LogP contribution in [0.15, 0.2) is 18.2 Å². The molecule has 0 aliphatic carbocycles. The molecular formula is C15H21N3O. The van der Waals surface area contributed by atoms with Gasteiger partial charge in [-0.05, 0) is 38.5 Å². The molecule has 1 fully saturated rings. The molecule has 1 aromatic heterocycles. The Balaban J connectivity index is 2.13. The van der Waals surface area contributed by atoms with Crippen LogP contribution in [-0.2, 0) is 4.74 Å². The minimum absolute atomic E-state index is 0.198. The van der Waals surface area contributed by atoms with E-state index in [2.05, 4.69) is 48.9 Å². The highest BCUT2D eigenvalue weighted by Gasteiger charge is 2.23. The largest absolute Gasteiger partial charge is 0.378 e. The summed E-state index contributed by atoms with van der Waals surface area (Å²) < 4.78 is 7.90. The molecule has 1 atom stereocenters. The fourth-order valence-electron chi connectivity index (χ4n) is 2.75. The molecule has 19 heavy (non-hydrogen) atoms. The molecule has 1 saturated heterocycles. The molecule has 1 aliphatic rings. The van der Waals surface area contributed by atoms with Gasteiger partial charge in [-0.25, -0.2) is 4.98 Å². The summed E-state index contributed by atoms with van der Waals surface area (Å²) in [6, 6.07) is 7.07. The first-order valence-electron chi connectivity index (χ1n) is 6.96. The highest BCUT2D eigenvalue weighted by molar-refractivity contribution is 5.77. The van der Waals surface area contributed by atoms with E-state index in [0.717, 1.165) is 24.5 Å². The quantitative estimate of drug-likeness (QED) is 0.901. The summed E-state index contributed by atoms with van der Waals surface area (Å²) in [7, 11) is 0. The zero-order valence-electron chi connectivity index (χ0n) is 11.8. The van der Waals surface area contributed by atoms with Crippen molar-refractivity contribution in [3.8, 4) is 0 Å². The monoisotopic (exact) mass is 259 g/mol. The van der Waals surface area contributed by atoms with Gasteiger partial charge in [0.25, 0.3) is 0 Å². The second-order valence-electron chi connectivity index (χ2n) is 5.51. The third-order valence-electron chi connectivity index (χ3n) is 3.62. The fraction of sp³-hybridized carbons (Fsp3) is 0.533. The van der Waals surface area contributed by atoms with Crippen LogP contribution in [0.4, 0.5) is 0 Å². The molecule has 2 heterocycles. The number of nitrogens with one attached hydrogen (secondary N) is 1. The predicted octanol–water partition coefficient (Wildman–Crippen LogP) is 2.59. The zero-order chi connectivity index (χ0) is 13.4. The number of hydrogen-bond donors (Lipinski definition) is 1. The van der Waals surface area contributed by atoms with Crippen LogP contribution in [0.3, 0.4) is 0 Å². The molecule has 0 saturated carbocycles. The van der Waals surface area contributed by atoms with E-state index in [-0.39, 0.29) is 6.04 Å². The Morgan fingerprint density at radius 3 is 2.95 bits per heavy atom. The average Bonchev–Trinajstić information content (AvgIpc) is 2.78. The van der Waals surface area contributed by atoms with Crippen molar-refractivity contribution < 1.29 is 4.74 Å². The topological polar surface area (TPSA) is 39.1 Å². The van der Waals surface area contributed by atoms with E-state index in [1.807, 2.05) is 0 Å². The Morgan fingerprint density at radius 1 is 1.42 bits per heavy atom. The fourth-order valence-corrected chi connectivity index (χ4v) is 2.75. The molecule has 4 heteroatoms. The Morgan fingerprint density at radius 2 is 2.26 bits per heavy atom. The molecular weight excluding hydrogens is 238 g/mol. The van der Waals surface area contributed by atoms with Crippen LogP contribution >= 0.6 is 0 Å².